The zero-order chi connectivity index (χ0) is 15.5. The van der Waals surface area contributed by atoms with E-state index in [2.05, 4.69) is 5.32 Å². The Kier molecular flexibility index (Phi) is 4.84. The van der Waals surface area contributed by atoms with Crippen LogP contribution < -0.4 is 5.32 Å². The highest BCUT2D eigenvalue weighted by molar-refractivity contribution is 7.89. The predicted octanol–water partition coefficient (Wildman–Crippen LogP) is 1.03. The highest BCUT2D eigenvalue weighted by Crippen LogP contribution is 2.20. The molecule has 0 radical (unpaired) electrons. The van der Waals surface area contributed by atoms with Gasteiger partial charge in [0.25, 0.3) is 0 Å². The molecular formula is C14H21N3O3S. The number of benzene rings is 1. The van der Waals surface area contributed by atoms with Crippen LogP contribution in [-0.2, 0) is 10.0 Å². The fourth-order valence-corrected chi connectivity index (χ4v) is 4.03. The Bertz CT molecular complexity index is 608. The number of carbonyl (C=O) groups is 1. The number of nitrogens with one attached hydrogen (secondary N) is 1. The fourth-order valence-electron chi connectivity index (χ4n) is 2.38. The number of rotatable bonds is 3. The normalized spacial score (nSPS) is 16.8. The number of piperazine rings is 1. The van der Waals surface area contributed by atoms with Crippen molar-refractivity contribution in [1.82, 2.24) is 14.5 Å². The molecule has 0 aromatic heterocycles. The van der Waals surface area contributed by atoms with Gasteiger partial charge in [0.05, 0.1) is 4.90 Å². The van der Waals surface area contributed by atoms with Crippen LogP contribution in [0.5, 0.6) is 0 Å². The monoisotopic (exact) mass is 311 g/mol. The number of urea groups is 1. The van der Waals surface area contributed by atoms with Crippen LogP contribution in [0.3, 0.4) is 0 Å². The molecule has 2 amide bonds. The number of hydrogen-bond acceptors (Lipinski definition) is 3. The van der Waals surface area contributed by atoms with Gasteiger partial charge in [0.15, 0.2) is 0 Å². The zero-order valence-corrected chi connectivity index (χ0v) is 13.2. The van der Waals surface area contributed by atoms with Crippen LogP contribution in [0.2, 0.25) is 0 Å². The smallest absolute Gasteiger partial charge is 0.317 e. The molecule has 1 heterocycles. The molecule has 0 spiro atoms. The molecule has 0 saturated carbocycles. The Balaban J connectivity index is 2.08. The number of aryl methyl sites for hydroxylation is 1. The van der Waals surface area contributed by atoms with Crippen LogP contribution in [0.1, 0.15) is 12.5 Å². The summed E-state index contributed by atoms with van der Waals surface area (Å²) in [4.78, 5) is 13.7. The highest BCUT2D eigenvalue weighted by Gasteiger charge is 2.30. The minimum atomic E-state index is -3.48. The summed E-state index contributed by atoms with van der Waals surface area (Å²) in [5.74, 6) is 0. The second-order valence-electron chi connectivity index (χ2n) is 4.99. The standard InChI is InChI=1S/C14H21N3O3S/c1-3-15-14(18)16-8-10-17(11-9-16)21(19,20)13-7-5-4-6-12(13)2/h4-7H,3,8-11H2,1-2H3,(H,15,18). The van der Waals surface area contributed by atoms with E-state index in [9.17, 15) is 13.2 Å². The van der Waals surface area contributed by atoms with E-state index in [4.69, 9.17) is 0 Å². The second-order valence-corrected chi connectivity index (χ2v) is 6.90. The van der Waals surface area contributed by atoms with Crippen molar-refractivity contribution in [2.24, 2.45) is 0 Å². The van der Waals surface area contributed by atoms with Crippen molar-refractivity contribution in [2.45, 2.75) is 18.7 Å². The molecule has 1 aromatic rings. The van der Waals surface area contributed by atoms with Crippen molar-refractivity contribution in [3.63, 3.8) is 0 Å². The van der Waals surface area contributed by atoms with Gasteiger partial charge in [0.1, 0.15) is 0 Å². The maximum atomic E-state index is 12.6. The van der Waals surface area contributed by atoms with Gasteiger partial charge in [-0.2, -0.15) is 4.31 Å². The van der Waals surface area contributed by atoms with Crippen LogP contribution in [0, 0.1) is 6.92 Å². The van der Waals surface area contributed by atoms with Gasteiger partial charge in [-0.3, -0.25) is 0 Å². The molecular weight excluding hydrogens is 290 g/mol. The first-order valence-corrected chi connectivity index (χ1v) is 8.49. The summed E-state index contributed by atoms with van der Waals surface area (Å²) in [5, 5.41) is 2.73. The third-order valence-electron chi connectivity index (χ3n) is 3.57. The lowest BCUT2D eigenvalue weighted by Crippen LogP contribution is -2.53. The maximum absolute atomic E-state index is 12.6. The van der Waals surface area contributed by atoms with Crippen LogP contribution in [0.25, 0.3) is 0 Å². The molecule has 116 valence electrons. The third kappa shape index (κ3) is 3.36. The number of nitrogens with zero attached hydrogens (tertiary/aromatic N) is 2. The molecule has 7 heteroatoms. The van der Waals surface area contributed by atoms with Crippen LogP contribution in [-0.4, -0.2) is 56.4 Å². The molecule has 6 nitrogen and oxygen atoms in total. The molecule has 1 saturated heterocycles. The zero-order valence-electron chi connectivity index (χ0n) is 12.4. The van der Waals surface area contributed by atoms with E-state index >= 15 is 0 Å². The van der Waals surface area contributed by atoms with E-state index in [1.807, 2.05) is 13.0 Å². The lowest BCUT2D eigenvalue weighted by atomic mass is 10.2. The molecule has 1 aromatic carbocycles. The SMILES string of the molecule is CCNC(=O)N1CCN(S(=O)(=O)c2ccccc2C)CC1. The molecule has 1 aliphatic rings. The van der Waals surface area contributed by atoms with E-state index in [1.54, 1.807) is 30.0 Å². The number of sulfonamides is 1. The minimum Gasteiger partial charge on any atom is -0.338 e. The average Bonchev–Trinajstić information content (AvgIpc) is 2.48. The van der Waals surface area contributed by atoms with Crippen molar-refractivity contribution in [1.29, 1.82) is 0 Å². The van der Waals surface area contributed by atoms with E-state index < -0.39 is 10.0 Å². The Hall–Kier alpha value is -1.60. The van der Waals surface area contributed by atoms with Gasteiger partial charge in [0.2, 0.25) is 10.0 Å². The minimum absolute atomic E-state index is 0.134. The lowest BCUT2D eigenvalue weighted by Gasteiger charge is -2.34. The first kappa shape index (κ1) is 15.8. The Morgan fingerprint density at radius 1 is 1.19 bits per heavy atom. The van der Waals surface area contributed by atoms with Crippen LogP contribution in [0.15, 0.2) is 29.2 Å². The first-order valence-electron chi connectivity index (χ1n) is 7.05. The van der Waals surface area contributed by atoms with Crippen molar-refractivity contribution in [2.75, 3.05) is 32.7 Å². The molecule has 2 rings (SSSR count). The maximum Gasteiger partial charge on any atom is 0.317 e. The van der Waals surface area contributed by atoms with Crippen molar-refractivity contribution >= 4 is 16.1 Å². The molecule has 0 aliphatic carbocycles. The summed E-state index contributed by atoms with van der Waals surface area (Å²) in [6, 6.07) is 6.83. The molecule has 1 N–H and O–H groups in total. The fraction of sp³-hybridized carbons (Fsp3) is 0.500. The van der Waals surface area contributed by atoms with E-state index in [0.29, 0.717) is 37.6 Å². The average molecular weight is 311 g/mol. The molecule has 0 bridgehead atoms. The topological polar surface area (TPSA) is 69.7 Å². The van der Waals surface area contributed by atoms with Gasteiger partial charge in [-0.15, -0.1) is 0 Å². The first-order chi connectivity index (χ1) is 9.96. The molecule has 0 unspecified atom stereocenters. The van der Waals surface area contributed by atoms with Gasteiger partial charge in [-0.05, 0) is 25.5 Å². The third-order valence-corrected chi connectivity index (χ3v) is 5.62. The molecule has 1 fully saturated rings. The van der Waals surface area contributed by atoms with E-state index in [-0.39, 0.29) is 6.03 Å². The van der Waals surface area contributed by atoms with E-state index in [0.717, 1.165) is 5.56 Å². The largest absolute Gasteiger partial charge is 0.338 e. The summed E-state index contributed by atoms with van der Waals surface area (Å²) in [5.41, 5.74) is 0.739. The second kappa shape index (κ2) is 6.44. The van der Waals surface area contributed by atoms with E-state index in [1.165, 1.54) is 4.31 Å². The lowest BCUT2D eigenvalue weighted by molar-refractivity contribution is 0.173. The summed E-state index contributed by atoms with van der Waals surface area (Å²) < 4.78 is 26.7. The van der Waals surface area contributed by atoms with Gasteiger partial charge in [0, 0.05) is 32.7 Å². The van der Waals surface area contributed by atoms with Crippen molar-refractivity contribution < 1.29 is 13.2 Å². The molecule has 0 atom stereocenters. The predicted molar refractivity (Wildman–Crippen MR) is 80.6 cm³/mol. The van der Waals surface area contributed by atoms with Crippen LogP contribution >= 0.6 is 0 Å². The summed E-state index contributed by atoms with van der Waals surface area (Å²) >= 11 is 0. The summed E-state index contributed by atoms with van der Waals surface area (Å²) in [7, 11) is -3.48. The Labute approximate surface area is 125 Å². The summed E-state index contributed by atoms with van der Waals surface area (Å²) in [6.07, 6.45) is 0. The Morgan fingerprint density at radius 3 is 2.38 bits per heavy atom. The summed E-state index contributed by atoms with van der Waals surface area (Å²) in [6.45, 7) is 5.70. The number of carbonyl (C=O) groups excluding carboxylic acids is 1. The van der Waals surface area contributed by atoms with Crippen molar-refractivity contribution in [3.8, 4) is 0 Å². The van der Waals surface area contributed by atoms with Crippen molar-refractivity contribution in [3.05, 3.63) is 29.8 Å². The van der Waals surface area contributed by atoms with Gasteiger partial charge < -0.3 is 10.2 Å². The molecule has 21 heavy (non-hydrogen) atoms. The number of hydrogen-bond donors (Lipinski definition) is 1. The molecule has 1 aliphatic heterocycles. The van der Waals surface area contributed by atoms with Crippen LogP contribution in [0.4, 0.5) is 4.79 Å². The highest BCUT2D eigenvalue weighted by atomic mass is 32.2. The van der Waals surface area contributed by atoms with Gasteiger partial charge in [-0.25, -0.2) is 13.2 Å². The number of amides is 2. The quantitative estimate of drug-likeness (QED) is 0.906. The van der Waals surface area contributed by atoms with Gasteiger partial charge >= 0.3 is 6.03 Å². The van der Waals surface area contributed by atoms with Gasteiger partial charge in [-0.1, -0.05) is 18.2 Å². The Morgan fingerprint density at radius 2 is 1.81 bits per heavy atom.